The van der Waals surface area contributed by atoms with Crippen molar-refractivity contribution in [2.75, 3.05) is 0 Å². The van der Waals surface area contributed by atoms with Crippen LogP contribution in [-0.4, -0.2) is 5.78 Å². The molecule has 0 atom stereocenters. The fourth-order valence-electron chi connectivity index (χ4n) is 1.49. The van der Waals surface area contributed by atoms with Crippen molar-refractivity contribution < 1.29 is 9.21 Å². The molecule has 2 rings (SSSR count). The normalized spacial score (nSPS) is 10.4. The van der Waals surface area contributed by atoms with E-state index < -0.39 is 0 Å². The molecule has 16 heavy (non-hydrogen) atoms. The van der Waals surface area contributed by atoms with Crippen LogP contribution in [0.2, 0.25) is 0 Å². The summed E-state index contributed by atoms with van der Waals surface area (Å²) in [4.78, 5) is 11.1. The molecule has 0 aliphatic carbocycles. The minimum Gasteiger partial charge on any atom is -0.461 e. The predicted molar refractivity (Wildman–Crippen MR) is 65.7 cm³/mol. The minimum absolute atomic E-state index is 0.0398. The summed E-state index contributed by atoms with van der Waals surface area (Å²) in [5.74, 6) is 0.383. The van der Waals surface area contributed by atoms with Gasteiger partial charge < -0.3 is 4.42 Å². The van der Waals surface area contributed by atoms with Crippen molar-refractivity contribution in [3.05, 3.63) is 58.0 Å². The molecule has 1 aromatic heterocycles. The topological polar surface area (TPSA) is 30.2 Å². The van der Waals surface area contributed by atoms with Gasteiger partial charge in [-0.3, -0.25) is 4.79 Å². The standard InChI is InChI=1S/C13H11BrO2/c1-9(15)13-7-11(8-16-13)6-10-2-4-12(14)5-3-10/h2-5,7-8H,6H2,1H3. The van der Waals surface area contributed by atoms with Crippen LogP contribution in [0.1, 0.15) is 28.6 Å². The van der Waals surface area contributed by atoms with Crippen LogP contribution in [0.5, 0.6) is 0 Å². The molecular formula is C13H11BrO2. The van der Waals surface area contributed by atoms with Gasteiger partial charge in [-0.25, -0.2) is 0 Å². The van der Waals surface area contributed by atoms with Gasteiger partial charge in [-0.2, -0.15) is 0 Å². The van der Waals surface area contributed by atoms with Gasteiger partial charge in [0.1, 0.15) is 0 Å². The molecule has 0 aliphatic heterocycles. The summed E-state index contributed by atoms with van der Waals surface area (Å²) in [5, 5.41) is 0. The van der Waals surface area contributed by atoms with Gasteiger partial charge in [-0.15, -0.1) is 0 Å². The Hall–Kier alpha value is -1.35. The van der Waals surface area contributed by atoms with Crippen LogP contribution in [0, 0.1) is 0 Å². The summed E-state index contributed by atoms with van der Waals surface area (Å²) in [6.45, 7) is 1.50. The van der Waals surface area contributed by atoms with Crippen molar-refractivity contribution >= 4 is 21.7 Å². The lowest BCUT2D eigenvalue weighted by molar-refractivity contribution is 0.0987. The van der Waals surface area contributed by atoms with Crippen molar-refractivity contribution in [3.63, 3.8) is 0 Å². The number of rotatable bonds is 3. The largest absolute Gasteiger partial charge is 0.461 e. The van der Waals surface area contributed by atoms with Crippen molar-refractivity contribution in [1.29, 1.82) is 0 Å². The highest BCUT2D eigenvalue weighted by Crippen LogP contribution is 2.16. The van der Waals surface area contributed by atoms with Gasteiger partial charge >= 0.3 is 0 Å². The van der Waals surface area contributed by atoms with Crippen LogP contribution in [0.4, 0.5) is 0 Å². The van der Waals surface area contributed by atoms with Gasteiger partial charge in [0.25, 0.3) is 0 Å². The van der Waals surface area contributed by atoms with Crippen molar-refractivity contribution in [3.8, 4) is 0 Å². The zero-order chi connectivity index (χ0) is 11.5. The number of halogens is 1. The van der Waals surface area contributed by atoms with E-state index >= 15 is 0 Å². The molecule has 0 N–H and O–H groups in total. The SMILES string of the molecule is CC(=O)c1cc(Cc2ccc(Br)cc2)co1. The van der Waals surface area contributed by atoms with Gasteiger partial charge in [-0.05, 0) is 29.3 Å². The monoisotopic (exact) mass is 278 g/mol. The first-order valence-corrected chi connectivity index (χ1v) is 5.77. The van der Waals surface area contributed by atoms with Crippen LogP contribution in [0.15, 0.2) is 45.5 Å². The smallest absolute Gasteiger partial charge is 0.194 e. The molecule has 0 fully saturated rings. The van der Waals surface area contributed by atoms with Crippen LogP contribution in [0.25, 0.3) is 0 Å². The molecule has 1 heterocycles. The third kappa shape index (κ3) is 2.61. The number of ketones is 1. The number of carbonyl (C=O) groups is 1. The van der Waals surface area contributed by atoms with E-state index in [1.807, 2.05) is 24.3 Å². The quantitative estimate of drug-likeness (QED) is 0.799. The van der Waals surface area contributed by atoms with E-state index in [1.54, 1.807) is 12.3 Å². The second-order valence-corrected chi connectivity index (χ2v) is 4.59. The van der Waals surface area contributed by atoms with Crippen LogP contribution in [-0.2, 0) is 6.42 Å². The highest BCUT2D eigenvalue weighted by molar-refractivity contribution is 9.10. The Morgan fingerprint density at radius 3 is 2.50 bits per heavy atom. The second kappa shape index (κ2) is 4.66. The van der Waals surface area contributed by atoms with Crippen molar-refractivity contribution in [2.24, 2.45) is 0 Å². The Bertz CT molecular complexity index is 497. The summed E-state index contributed by atoms with van der Waals surface area (Å²) in [6.07, 6.45) is 2.42. The number of hydrogen-bond donors (Lipinski definition) is 0. The summed E-state index contributed by atoms with van der Waals surface area (Å²) in [6, 6.07) is 9.89. The van der Waals surface area contributed by atoms with Gasteiger partial charge in [0.2, 0.25) is 0 Å². The Kier molecular flexibility index (Phi) is 3.25. The van der Waals surface area contributed by atoms with E-state index in [2.05, 4.69) is 15.9 Å². The molecule has 3 heteroatoms. The molecule has 82 valence electrons. The predicted octanol–water partition coefficient (Wildman–Crippen LogP) is 3.84. The Labute approximate surface area is 102 Å². The van der Waals surface area contributed by atoms with E-state index in [0.29, 0.717) is 5.76 Å². The molecule has 0 amide bonds. The zero-order valence-corrected chi connectivity index (χ0v) is 10.5. The molecule has 0 unspecified atom stereocenters. The molecule has 0 saturated heterocycles. The Morgan fingerprint density at radius 1 is 1.25 bits per heavy atom. The molecule has 0 saturated carbocycles. The molecule has 2 nitrogen and oxygen atoms in total. The van der Waals surface area contributed by atoms with Crippen molar-refractivity contribution in [2.45, 2.75) is 13.3 Å². The fourth-order valence-corrected chi connectivity index (χ4v) is 1.76. The second-order valence-electron chi connectivity index (χ2n) is 3.68. The van der Waals surface area contributed by atoms with E-state index in [4.69, 9.17) is 4.42 Å². The number of carbonyl (C=O) groups excluding carboxylic acids is 1. The third-order valence-corrected chi connectivity index (χ3v) is 2.85. The number of hydrogen-bond acceptors (Lipinski definition) is 2. The number of furan rings is 1. The lowest BCUT2D eigenvalue weighted by Crippen LogP contribution is -1.88. The average Bonchev–Trinajstić information content (AvgIpc) is 2.70. The van der Waals surface area contributed by atoms with Crippen molar-refractivity contribution in [1.82, 2.24) is 0 Å². The summed E-state index contributed by atoms with van der Waals surface area (Å²) in [5.41, 5.74) is 2.21. The number of benzene rings is 1. The summed E-state index contributed by atoms with van der Waals surface area (Å²) < 4.78 is 6.23. The lowest BCUT2D eigenvalue weighted by Gasteiger charge is -1.97. The molecule has 2 aromatic rings. The van der Waals surface area contributed by atoms with E-state index in [0.717, 1.165) is 16.5 Å². The first-order valence-electron chi connectivity index (χ1n) is 4.98. The maximum Gasteiger partial charge on any atom is 0.194 e. The van der Waals surface area contributed by atoms with Gasteiger partial charge in [0, 0.05) is 17.8 Å². The minimum atomic E-state index is -0.0398. The third-order valence-electron chi connectivity index (χ3n) is 2.32. The molecule has 0 radical (unpaired) electrons. The highest BCUT2D eigenvalue weighted by atomic mass is 79.9. The van der Waals surface area contributed by atoms with E-state index in [1.165, 1.54) is 12.5 Å². The average molecular weight is 279 g/mol. The van der Waals surface area contributed by atoms with E-state index in [-0.39, 0.29) is 5.78 Å². The van der Waals surface area contributed by atoms with Gasteiger partial charge in [0.15, 0.2) is 11.5 Å². The lowest BCUT2D eigenvalue weighted by atomic mass is 10.1. The molecular weight excluding hydrogens is 268 g/mol. The Balaban J connectivity index is 2.14. The molecule has 1 aromatic carbocycles. The first kappa shape index (κ1) is 11.1. The molecule has 0 bridgehead atoms. The van der Waals surface area contributed by atoms with E-state index in [9.17, 15) is 4.79 Å². The van der Waals surface area contributed by atoms with Crippen LogP contribution in [0.3, 0.4) is 0 Å². The maximum atomic E-state index is 11.1. The number of Topliss-reactive ketones (excluding diaryl/α,β-unsaturated/α-hetero) is 1. The zero-order valence-electron chi connectivity index (χ0n) is 8.87. The van der Waals surface area contributed by atoms with Gasteiger partial charge in [0.05, 0.1) is 6.26 Å². The van der Waals surface area contributed by atoms with Crippen LogP contribution < -0.4 is 0 Å². The fraction of sp³-hybridized carbons (Fsp3) is 0.154. The maximum absolute atomic E-state index is 11.1. The first-order chi connectivity index (χ1) is 7.65. The summed E-state index contributed by atoms with van der Waals surface area (Å²) >= 11 is 3.39. The Morgan fingerprint density at radius 2 is 1.94 bits per heavy atom. The van der Waals surface area contributed by atoms with Gasteiger partial charge in [-0.1, -0.05) is 28.1 Å². The summed E-state index contributed by atoms with van der Waals surface area (Å²) in [7, 11) is 0. The highest BCUT2D eigenvalue weighted by Gasteiger charge is 2.06. The van der Waals surface area contributed by atoms with Crippen LogP contribution >= 0.6 is 15.9 Å². The molecule has 0 spiro atoms. The molecule has 0 aliphatic rings.